The minimum Gasteiger partial charge on any atom is -0.301 e. The maximum absolute atomic E-state index is 13.7. The highest BCUT2D eigenvalue weighted by atomic mass is 32.1. The highest BCUT2D eigenvalue weighted by molar-refractivity contribution is 7.80. The van der Waals surface area contributed by atoms with E-state index in [0.717, 1.165) is 17.9 Å². The van der Waals surface area contributed by atoms with Crippen molar-refractivity contribution < 1.29 is 4.39 Å². The van der Waals surface area contributed by atoms with Gasteiger partial charge >= 0.3 is 0 Å². The Balaban J connectivity index is 1.96. The molecule has 0 heterocycles. The third kappa shape index (κ3) is 3.96. The summed E-state index contributed by atoms with van der Waals surface area (Å²) < 4.78 is 13.7. The SMILES string of the molecule is CN(Cc1ccccc1F)CC1(CS)CCCCC1. The summed E-state index contributed by atoms with van der Waals surface area (Å²) in [6.45, 7) is 1.70. The van der Waals surface area contributed by atoms with Crippen molar-refractivity contribution in [2.24, 2.45) is 5.41 Å². The maximum atomic E-state index is 13.7. The van der Waals surface area contributed by atoms with Gasteiger partial charge in [0.1, 0.15) is 5.82 Å². The molecule has 1 aromatic rings. The Morgan fingerprint density at radius 3 is 2.53 bits per heavy atom. The molecular weight excluding hydrogens is 257 g/mol. The summed E-state index contributed by atoms with van der Waals surface area (Å²) in [5.41, 5.74) is 1.12. The number of hydrogen-bond donors (Lipinski definition) is 1. The van der Waals surface area contributed by atoms with Gasteiger partial charge < -0.3 is 4.90 Å². The molecule has 3 heteroatoms. The van der Waals surface area contributed by atoms with Crippen LogP contribution in [-0.2, 0) is 6.54 Å². The Kier molecular flexibility index (Phi) is 5.28. The summed E-state index contributed by atoms with van der Waals surface area (Å²) in [4.78, 5) is 2.25. The first-order valence-corrected chi connectivity index (χ1v) is 7.81. The number of rotatable bonds is 5. The van der Waals surface area contributed by atoms with Gasteiger partial charge in [0.2, 0.25) is 0 Å². The van der Waals surface area contributed by atoms with Gasteiger partial charge in [-0.15, -0.1) is 0 Å². The van der Waals surface area contributed by atoms with E-state index in [0.29, 0.717) is 12.0 Å². The molecule has 1 nitrogen and oxygen atoms in total. The van der Waals surface area contributed by atoms with Crippen LogP contribution in [0.25, 0.3) is 0 Å². The van der Waals surface area contributed by atoms with Crippen LogP contribution in [0.4, 0.5) is 4.39 Å². The normalized spacial score (nSPS) is 18.7. The smallest absolute Gasteiger partial charge is 0.127 e. The fraction of sp³-hybridized carbons (Fsp3) is 0.625. The van der Waals surface area contributed by atoms with E-state index in [-0.39, 0.29) is 5.82 Å². The summed E-state index contributed by atoms with van der Waals surface area (Å²) in [5, 5.41) is 0. The standard InChI is InChI=1S/C16H24FNS/c1-18(11-14-7-3-4-8-15(14)17)12-16(13-19)9-5-2-6-10-16/h3-4,7-8,19H,2,5-6,9-13H2,1H3. The zero-order chi connectivity index (χ0) is 13.7. The van der Waals surface area contributed by atoms with Crippen molar-refractivity contribution in [2.75, 3.05) is 19.3 Å². The largest absolute Gasteiger partial charge is 0.301 e. The van der Waals surface area contributed by atoms with E-state index >= 15 is 0 Å². The van der Waals surface area contributed by atoms with Gasteiger partial charge in [-0.1, -0.05) is 37.5 Å². The fourth-order valence-electron chi connectivity index (χ4n) is 3.21. The molecule has 0 N–H and O–H groups in total. The molecule has 106 valence electrons. The molecule has 1 aliphatic carbocycles. The Hall–Kier alpha value is -0.540. The van der Waals surface area contributed by atoms with Crippen LogP contribution >= 0.6 is 12.6 Å². The summed E-state index contributed by atoms with van der Waals surface area (Å²) in [6, 6.07) is 7.06. The van der Waals surface area contributed by atoms with Crippen molar-refractivity contribution in [1.29, 1.82) is 0 Å². The number of nitrogens with zero attached hydrogens (tertiary/aromatic N) is 1. The number of thiol groups is 1. The minimum atomic E-state index is -0.0992. The Morgan fingerprint density at radius 1 is 1.21 bits per heavy atom. The zero-order valence-electron chi connectivity index (χ0n) is 11.7. The van der Waals surface area contributed by atoms with Crippen LogP contribution in [0.5, 0.6) is 0 Å². The van der Waals surface area contributed by atoms with Crippen LogP contribution in [-0.4, -0.2) is 24.2 Å². The predicted octanol–water partition coefficient (Wildman–Crippen LogP) is 4.14. The zero-order valence-corrected chi connectivity index (χ0v) is 12.6. The highest BCUT2D eigenvalue weighted by Crippen LogP contribution is 2.38. The molecule has 1 aliphatic rings. The summed E-state index contributed by atoms with van der Waals surface area (Å²) in [6.07, 6.45) is 6.50. The van der Waals surface area contributed by atoms with Crippen LogP contribution in [0, 0.1) is 11.2 Å². The second-order valence-electron chi connectivity index (χ2n) is 5.98. The predicted molar refractivity (Wildman–Crippen MR) is 82.1 cm³/mol. The fourth-order valence-corrected chi connectivity index (χ4v) is 3.63. The van der Waals surface area contributed by atoms with E-state index in [2.05, 4.69) is 24.6 Å². The number of hydrogen-bond acceptors (Lipinski definition) is 2. The van der Waals surface area contributed by atoms with Gasteiger partial charge in [-0.3, -0.25) is 0 Å². The van der Waals surface area contributed by atoms with Gasteiger partial charge in [0, 0.05) is 18.7 Å². The molecule has 0 spiro atoms. The van der Waals surface area contributed by atoms with E-state index in [1.165, 1.54) is 38.2 Å². The monoisotopic (exact) mass is 281 g/mol. The molecule has 0 atom stereocenters. The van der Waals surface area contributed by atoms with Crippen LogP contribution in [0.1, 0.15) is 37.7 Å². The maximum Gasteiger partial charge on any atom is 0.127 e. The van der Waals surface area contributed by atoms with Gasteiger partial charge in [0.05, 0.1) is 0 Å². The first-order valence-electron chi connectivity index (χ1n) is 7.18. The molecule has 0 unspecified atom stereocenters. The molecule has 0 radical (unpaired) electrons. The van der Waals surface area contributed by atoms with Crippen molar-refractivity contribution in [2.45, 2.75) is 38.6 Å². The van der Waals surface area contributed by atoms with E-state index < -0.39 is 0 Å². The summed E-state index contributed by atoms with van der Waals surface area (Å²) in [5.74, 6) is 0.840. The van der Waals surface area contributed by atoms with Gasteiger partial charge in [0.25, 0.3) is 0 Å². The van der Waals surface area contributed by atoms with Crippen molar-refractivity contribution in [3.63, 3.8) is 0 Å². The third-order valence-corrected chi connectivity index (χ3v) is 4.92. The van der Waals surface area contributed by atoms with Gasteiger partial charge in [0.15, 0.2) is 0 Å². The molecule has 1 saturated carbocycles. The topological polar surface area (TPSA) is 3.24 Å². The van der Waals surface area contributed by atoms with Gasteiger partial charge in [-0.25, -0.2) is 4.39 Å². The molecule has 2 rings (SSSR count). The van der Waals surface area contributed by atoms with E-state index in [1.807, 2.05) is 12.1 Å². The van der Waals surface area contributed by atoms with Gasteiger partial charge in [-0.2, -0.15) is 12.6 Å². The van der Waals surface area contributed by atoms with Crippen molar-refractivity contribution in [3.8, 4) is 0 Å². The lowest BCUT2D eigenvalue weighted by Crippen LogP contribution is -2.38. The Bertz CT molecular complexity index is 401. The van der Waals surface area contributed by atoms with Gasteiger partial charge in [-0.05, 0) is 37.1 Å². The molecule has 0 aliphatic heterocycles. The molecular formula is C16H24FNS. The molecule has 0 saturated heterocycles. The first kappa shape index (κ1) is 14.9. The van der Waals surface area contributed by atoms with E-state index in [4.69, 9.17) is 0 Å². The Labute approximate surface area is 121 Å². The number of benzene rings is 1. The molecule has 1 fully saturated rings. The minimum absolute atomic E-state index is 0.0992. The van der Waals surface area contributed by atoms with Crippen molar-refractivity contribution >= 4 is 12.6 Å². The van der Waals surface area contributed by atoms with Crippen LogP contribution < -0.4 is 0 Å². The van der Waals surface area contributed by atoms with Crippen molar-refractivity contribution in [1.82, 2.24) is 4.90 Å². The third-order valence-electron chi connectivity index (χ3n) is 4.25. The lowest BCUT2D eigenvalue weighted by molar-refractivity contribution is 0.140. The molecule has 0 aromatic heterocycles. The second-order valence-corrected chi connectivity index (χ2v) is 6.30. The van der Waals surface area contributed by atoms with Crippen molar-refractivity contribution in [3.05, 3.63) is 35.6 Å². The van der Waals surface area contributed by atoms with Crippen LogP contribution in [0.3, 0.4) is 0 Å². The first-order chi connectivity index (χ1) is 9.15. The quantitative estimate of drug-likeness (QED) is 0.794. The summed E-state index contributed by atoms with van der Waals surface area (Å²) in [7, 11) is 2.09. The average Bonchev–Trinajstić information content (AvgIpc) is 2.42. The summed E-state index contributed by atoms with van der Waals surface area (Å²) >= 11 is 4.57. The second kappa shape index (κ2) is 6.76. The van der Waals surface area contributed by atoms with Crippen LogP contribution in [0.2, 0.25) is 0 Å². The average molecular weight is 281 g/mol. The molecule has 0 bridgehead atoms. The van der Waals surface area contributed by atoms with E-state index in [1.54, 1.807) is 6.07 Å². The highest BCUT2D eigenvalue weighted by Gasteiger charge is 2.31. The number of halogens is 1. The van der Waals surface area contributed by atoms with Crippen LogP contribution in [0.15, 0.2) is 24.3 Å². The molecule has 0 amide bonds. The van der Waals surface area contributed by atoms with E-state index in [9.17, 15) is 4.39 Å². The lowest BCUT2D eigenvalue weighted by Gasteiger charge is -2.39. The molecule has 1 aromatic carbocycles. The molecule has 19 heavy (non-hydrogen) atoms. The Morgan fingerprint density at radius 2 is 1.89 bits per heavy atom. The lowest BCUT2D eigenvalue weighted by atomic mass is 9.75.